The molecular formula is C15H13ClN2O3. The minimum Gasteiger partial charge on any atom is -0.460 e. The van der Waals surface area contributed by atoms with Gasteiger partial charge in [-0.1, -0.05) is 29.8 Å². The monoisotopic (exact) mass is 304 g/mol. The van der Waals surface area contributed by atoms with Crippen molar-refractivity contribution in [2.75, 3.05) is 13.2 Å². The summed E-state index contributed by atoms with van der Waals surface area (Å²) in [5, 5.41) is 2.74. The van der Waals surface area contributed by atoms with E-state index in [4.69, 9.17) is 16.3 Å². The van der Waals surface area contributed by atoms with Crippen LogP contribution in [0.3, 0.4) is 0 Å². The predicted octanol–water partition coefficient (Wildman–Crippen LogP) is 2.32. The van der Waals surface area contributed by atoms with Crippen molar-refractivity contribution in [3.63, 3.8) is 0 Å². The van der Waals surface area contributed by atoms with Crippen molar-refractivity contribution in [2.24, 2.45) is 0 Å². The van der Waals surface area contributed by atoms with Crippen molar-refractivity contribution in [1.29, 1.82) is 0 Å². The lowest BCUT2D eigenvalue weighted by Gasteiger charge is -2.07. The van der Waals surface area contributed by atoms with Crippen molar-refractivity contribution in [1.82, 2.24) is 10.3 Å². The molecule has 108 valence electrons. The Morgan fingerprint density at radius 2 is 1.90 bits per heavy atom. The molecule has 0 radical (unpaired) electrons. The Kier molecular flexibility index (Phi) is 5.29. The third-order valence-electron chi connectivity index (χ3n) is 2.63. The van der Waals surface area contributed by atoms with Crippen LogP contribution in [0.15, 0.2) is 48.7 Å². The molecular weight excluding hydrogens is 292 g/mol. The number of carbonyl (C=O) groups excluding carboxylic acids is 2. The maximum atomic E-state index is 11.8. The summed E-state index contributed by atoms with van der Waals surface area (Å²) < 4.78 is 5.04. The Morgan fingerprint density at radius 1 is 1.14 bits per heavy atom. The predicted molar refractivity (Wildman–Crippen MR) is 78.3 cm³/mol. The maximum absolute atomic E-state index is 11.8. The molecule has 1 heterocycles. The van der Waals surface area contributed by atoms with Gasteiger partial charge in [0.1, 0.15) is 11.8 Å². The summed E-state index contributed by atoms with van der Waals surface area (Å²) in [5.74, 6) is -0.784. The van der Waals surface area contributed by atoms with Gasteiger partial charge in [-0.3, -0.25) is 4.79 Å². The third kappa shape index (κ3) is 4.29. The fraction of sp³-hybridized carbons (Fsp3) is 0.133. The van der Waals surface area contributed by atoms with Gasteiger partial charge in [0.05, 0.1) is 17.7 Å². The number of amides is 1. The van der Waals surface area contributed by atoms with E-state index in [-0.39, 0.29) is 29.8 Å². The Labute approximate surface area is 126 Å². The fourth-order valence-corrected chi connectivity index (χ4v) is 1.82. The van der Waals surface area contributed by atoms with Crippen LogP contribution >= 0.6 is 11.6 Å². The second-order valence-electron chi connectivity index (χ2n) is 4.10. The molecule has 1 amide bonds. The molecule has 6 heteroatoms. The standard InChI is InChI=1S/C15H13ClN2O3/c16-13-12(7-4-8-17-13)14(19)18-9-10-21-15(20)11-5-2-1-3-6-11/h1-8H,9-10H2,(H,18,19). The second-order valence-corrected chi connectivity index (χ2v) is 4.46. The van der Waals surface area contributed by atoms with E-state index in [2.05, 4.69) is 10.3 Å². The maximum Gasteiger partial charge on any atom is 0.338 e. The van der Waals surface area contributed by atoms with Crippen LogP contribution in [0.25, 0.3) is 0 Å². The van der Waals surface area contributed by atoms with Gasteiger partial charge in [0.15, 0.2) is 0 Å². The zero-order valence-electron chi connectivity index (χ0n) is 11.1. The number of pyridine rings is 1. The van der Waals surface area contributed by atoms with E-state index < -0.39 is 5.97 Å². The number of halogens is 1. The number of hydrogen-bond donors (Lipinski definition) is 1. The summed E-state index contributed by atoms with van der Waals surface area (Å²) in [6.45, 7) is 0.278. The van der Waals surface area contributed by atoms with Crippen molar-refractivity contribution < 1.29 is 14.3 Å². The molecule has 0 bridgehead atoms. The molecule has 0 aliphatic heterocycles. The summed E-state index contributed by atoms with van der Waals surface area (Å²) in [5.41, 5.74) is 0.757. The highest BCUT2D eigenvalue weighted by Gasteiger charge is 2.10. The lowest BCUT2D eigenvalue weighted by Crippen LogP contribution is -2.28. The molecule has 5 nitrogen and oxygen atoms in total. The molecule has 0 aliphatic carbocycles. The quantitative estimate of drug-likeness (QED) is 0.523. The number of nitrogens with zero attached hydrogens (tertiary/aromatic N) is 1. The van der Waals surface area contributed by atoms with E-state index in [0.29, 0.717) is 5.56 Å². The molecule has 2 rings (SSSR count). The van der Waals surface area contributed by atoms with Crippen LogP contribution in [0.1, 0.15) is 20.7 Å². The molecule has 0 atom stereocenters. The summed E-state index contributed by atoms with van der Waals surface area (Å²) in [6, 6.07) is 11.8. The zero-order chi connectivity index (χ0) is 15.1. The molecule has 0 spiro atoms. The van der Waals surface area contributed by atoms with Crippen LogP contribution in [0, 0.1) is 0 Å². The number of carbonyl (C=O) groups is 2. The topological polar surface area (TPSA) is 68.3 Å². The molecule has 1 aromatic carbocycles. The molecule has 1 N–H and O–H groups in total. The average molecular weight is 305 g/mol. The minimum atomic E-state index is -0.427. The minimum absolute atomic E-state index is 0.0807. The number of esters is 1. The molecule has 0 saturated carbocycles. The Hall–Kier alpha value is -2.40. The first-order chi connectivity index (χ1) is 10.2. The van der Waals surface area contributed by atoms with Gasteiger partial charge in [0.2, 0.25) is 0 Å². The SMILES string of the molecule is O=C(OCCNC(=O)c1cccnc1Cl)c1ccccc1. The normalized spacial score (nSPS) is 9.95. The van der Waals surface area contributed by atoms with Crippen LogP contribution in [0.5, 0.6) is 0 Å². The van der Waals surface area contributed by atoms with Crippen LogP contribution in [-0.4, -0.2) is 30.0 Å². The number of rotatable bonds is 5. The van der Waals surface area contributed by atoms with Crippen LogP contribution in [0.4, 0.5) is 0 Å². The summed E-state index contributed by atoms with van der Waals surface area (Å²) in [4.78, 5) is 27.3. The van der Waals surface area contributed by atoms with Crippen molar-refractivity contribution in [2.45, 2.75) is 0 Å². The van der Waals surface area contributed by atoms with E-state index in [9.17, 15) is 9.59 Å². The lowest BCUT2D eigenvalue weighted by molar-refractivity contribution is 0.0503. The Bertz CT molecular complexity index is 632. The van der Waals surface area contributed by atoms with E-state index in [1.807, 2.05) is 6.07 Å². The number of aromatic nitrogens is 1. The van der Waals surface area contributed by atoms with E-state index in [0.717, 1.165) is 0 Å². The highest BCUT2D eigenvalue weighted by atomic mass is 35.5. The zero-order valence-corrected chi connectivity index (χ0v) is 11.8. The van der Waals surface area contributed by atoms with Crippen LogP contribution < -0.4 is 5.32 Å². The summed E-state index contributed by atoms with van der Waals surface area (Å²) in [7, 11) is 0. The first kappa shape index (κ1) is 15.0. The van der Waals surface area contributed by atoms with Gasteiger partial charge in [0, 0.05) is 6.20 Å². The van der Waals surface area contributed by atoms with Gasteiger partial charge < -0.3 is 10.1 Å². The fourth-order valence-electron chi connectivity index (χ4n) is 1.62. The first-order valence-electron chi connectivity index (χ1n) is 6.29. The largest absolute Gasteiger partial charge is 0.460 e. The number of benzene rings is 1. The highest BCUT2D eigenvalue weighted by Crippen LogP contribution is 2.10. The van der Waals surface area contributed by atoms with Gasteiger partial charge in [0.25, 0.3) is 5.91 Å². The van der Waals surface area contributed by atoms with Gasteiger partial charge in [-0.25, -0.2) is 9.78 Å². The third-order valence-corrected chi connectivity index (χ3v) is 2.94. The second kappa shape index (κ2) is 7.40. The van der Waals surface area contributed by atoms with E-state index in [1.165, 1.54) is 6.20 Å². The van der Waals surface area contributed by atoms with Gasteiger partial charge in [-0.15, -0.1) is 0 Å². The molecule has 1 aromatic heterocycles. The van der Waals surface area contributed by atoms with Crippen LogP contribution in [0.2, 0.25) is 5.15 Å². The van der Waals surface area contributed by atoms with Crippen molar-refractivity contribution in [3.8, 4) is 0 Å². The van der Waals surface area contributed by atoms with Crippen LogP contribution in [-0.2, 0) is 4.74 Å². The van der Waals surface area contributed by atoms with Gasteiger partial charge in [-0.2, -0.15) is 0 Å². The van der Waals surface area contributed by atoms with Crippen molar-refractivity contribution >= 4 is 23.5 Å². The molecule has 0 aliphatic rings. The molecule has 0 fully saturated rings. The molecule has 2 aromatic rings. The molecule has 0 unspecified atom stereocenters. The lowest BCUT2D eigenvalue weighted by atomic mass is 10.2. The first-order valence-corrected chi connectivity index (χ1v) is 6.67. The number of hydrogen-bond acceptors (Lipinski definition) is 4. The van der Waals surface area contributed by atoms with Gasteiger partial charge in [-0.05, 0) is 24.3 Å². The van der Waals surface area contributed by atoms with Gasteiger partial charge >= 0.3 is 5.97 Å². The van der Waals surface area contributed by atoms with Crippen molar-refractivity contribution in [3.05, 3.63) is 64.9 Å². The number of nitrogens with one attached hydrogen (secondary N) is 1. The van der Waals surface area contributed by atoms with E-state index in [1.54, 1.807) is 36.4 Å². The smallest absolute Gasteiger partial charge is 0.338 e. The number of ether oxygens (including phenoxy) is 1. The molecule has 21 heavy (non-hydrogen) atoms. The average Bonchev–Trinajstić information content (AvgIpc) is 2.52. The van der Waals surface area contributed by atoms with E-state index >= 15 is 0 Å². The molecule has 0 saturated heterocycles. The summed E-state index contributed by atoms with van der Waals surface area (Å²) in [6.07, 6.45) is 1.50. The Morgan fingerprint density at radius 3 is 2.62 bits per heavy atom. The Balaban J connectivity index is 1.76. The highest BCUT2D eigenvalue weighted by molar-refractivity contribution is 6.32. The summed E-state index contributed by atoms with van der Waals surface area (Å²) >= 11 is 5.81.